The number of rotatable bonds is 3. The SMILES string of the molecule is Cl.Cl.OCCc1csc(-c2ccc3c(c2)CCN3)n1. The molecule has 0 aliphatic carbocycles. The molecule has 2 aromatic rings. The number of thiazole rings is 1. The van der Waals surface area contributed by atoms with Gasteiger partial charge in [-0.05, 0) is 30.2 Å². The second-order valence-corrected chi connectivity index (χ2v) is 5.02. The van der Waals surface area contributed by atoms with Gasteiger partial charge in [0.25, 0.3) is 0 Å². The van der Waals surface area contributed by atoms with E-state index < -0.39 is 0 Å². The lowest BCUT2D eigenvalue weighted by molar-refractivity contribution is 0.298. The van der Waals surface area contributed by atoms with Crippen molar-refractivity contribution in [2.24, 2.45) is 0 Å². The summed E-state index contributed by atoms with van der Waals surface area (Å²) in [6.07, 6.45) is 1.74. The van der Waals surface area contributed by atoms with E-state index in [0.29, 0.717) is 6.42 Å². The van der Waals surface area contributed by atoms with Crippen molar-refractivity contribution < 1.29 is 5.11 Å². The van der Waals surface area contributed by atoms with Gasteiger partial charge in [0.2, 0.25) is 0 Å². The second kappa shape index (κ2) is 7.10. The van der Waals surface area contributed by atoms with E-state index in [1.54, 1.807) is 11.3 Å². The van der Waals surface area contributed by atoms with Crippen molar-refractivity contribution in [3.8, 4) is 10.6 Å². The Bertz CT molecular complexity index is 545. The molecule has 1 aromatic carbocycles. The first-order valence-corrected chi connectivity index (χ1v) is 6.67. The molecule has 0 atom stereocenters. The third-order valence-corrected chi connectivity index (χ3v) is 3.92. The van der Waals surface area contributed by atoms with Crippen LogP contribution in [0.4, 0.5) is 5.69 Å². The quantitative estimate of drug-likeness (QED) is 0.913. The van der Waals surface area contributed by atoms with Crippen LogP contribution < -0.4 is 5.32 Å². The zero-order valence-electron chi connectivity index (χ0n) is 10.3. The molecule has 1 aliphatic heterocycles. The number of aliphatic hydroxyl groups is 1. The topological polar surface area (TPSA) is 45.1 Å². The molecule has 19 heavy (non-hydrogen) atoms. The molecule has 0 amide bonds. The smallest absolute Gasteiger partial charge is 0.123 e. The molecule has 3 rings (SSSR count). The van der Waals surface area contributed by atoms with Crippen molar-refractivity contribution in [1.82, 2.24) is 4.98 Å². The van der Waals surface area contributed by atoms with Crippen LogP contribution in [0.3, 0.4) is 0 Å². The Morgan fingerprint density at radius 1 is 1.32 bits per heavy atom. The Hall–Kier alpha value is -0.810. The molecular formula is C13H16Cl2N2OS. The minimum absolute atomic E-state index is 0. The van der Waals surface area contributed by atoms with E-state index in [2.05, 4.69) is 28.5 Å². The lowest BCUT2D eigenvalue weighted by Gasteiger charge is -2.01. The standard InChI is InChI=1S/C13H14N2OS.2ClH/c16-6-4-11-8-17-13(15-11)10-1-2-12-9(7-10)3-5-14-12;;/h1-2,7-8,14,16H,3-6H2;2*1H. The Labute approximate surface area is 128 Å². The molecule has 0 bridgehead atoms. The minimum Gasteiger partial charge on any atom is -0.396 e. The van der Waals surface area contributed by atoms with Crippen LogP contribution in [0.2, 0.25) is 0 Å². The number of hydrogen-bond donors (Lipinski definition) is 2. The van der Waals surface area contributed by atoms with Crippen molar-refractivity contribution in [3.63, 3.8) is 0 Å². The van der Waals surface area contributed by atoms with Gasteiger partial charge in [0, 0.05) is 36.2 Å². The van der Waals surface area contributed by atoms with Crippen molar-refractivity contribution in [1.29, 1.82) is 0 Å². The molecular weight excluding hydrogens is 303 g/mol. The van der Waals surface area contributed by atoms with Crippen molar-refractivity contribution in [2.45, 2.75) is 12.8 Å². The monoisotopic (exact) mass is 318 g/mol. The maximum absolute atomic E-state index is 8.88. The van der Waals surface area contributed by atoms with Crippen molar-refractivity contribution >= 4 is 41.8 Å². The lowest BCUT2D eigenvalue weighted by atomic mass is 10.1. The number of benzene rings is 1. The van der Waals surface area contributed by atoms with Crippen LogP contribution in [-0.4, -0.2) is 23.2 Å². The van der Waals surface area contributed by atoms with Crippen LogP contribution in [0.15, 0.2) is 23.6 Å². The van der Waals surface area contributed by atoms with Gasteiger partial charge in [-0.15, -0.1) is 36.2 Å². The summed E-state index contributed by atoms with van der Waals surface area (Å²) in [7, 11) is 0. The molecule has 1 aliphatic rings. The first-order valence-electron chi connectivity index (χ1n) is 5.79. The third kappa shape index (κ3) is 3.39. The van der Waals surface area contributed by atoms with Gasteiger partial charge in [-0.3, -0.25) is 0 Å². The first-order chi connectivity index (χ1) is 8.36. The molecule has 0 spiro atoms. The van der Waals surface area contributed by atoms with E-state index in [0.717, 1.165) is 23.7 Å². The van der Waals surface area contributed by atoms with Gasteiger partial charge in [0.05, 0.1) is 5.69 Å². The van der Waals surface area contributed by atoms with Crippen LogP contribution in [0.25, 0.3) is 10.6 Å². The number of aliphatic hydroxyl groups excluding tert-OH is 1. The third-order valence-electron chi connectivity index (χ3n) is 2.98. The second-order valence-electron chi connectivity index (χ2n) is 4.17. The summed E-state index contributed by atoms with van der Waals surface area (Å²) in [5.74, 6) is 0. The number of nitrogens with zero attached hydrogens (tertiary/aromatic N) is 1. The summed E-state index contributed by atoms with van der Waals surface area (Å²) >= 11 is 1.65. The molecule has 0 saturated carbocycles. The average Bonchev–Trinajstić information content (AvgIpc) is 2.96. The molecule has 0 radical (unpaired) electrons. The van der Waals surface area contributed by atoms with E-state index in [1.165, 1.54) is 16.8 Å². The highest BCUT2D eigenvalue weighted by atomic mass is 35.5. The number of halogens is 2. The Balaban J connectivity index is 0.000000902. The summed E-state index contributed by atoms with van der Waals surface area (Å²) in [5, 5.41) is 15.3. The Kier molecular flexibility index (Phi) is 6.07. The normalized spacial score (nSPS) is 12.1. The predicted molar refractivity (Wildman–Crippen MR) is 85.0 cm³/mol. The first kappa shape index (κ1) is 16.2. The molecule has 0 unspecified atom stereocenters. The largest absolute Gasteiger partial charge is 0.396 e. The highest BCUT2D eigenvalue weighted by Gasteiger charge is 2.12. The summed E-state index contributed by atoms with van der Waals surface area (Å²) in [6.45, 7) is 1.20. The Morgan fingerprint density at radius 2 is 2.16 bits per heavy atom. The lowest BCUT2D eigenvalue weighted by Crippen LogP contribution is -1.90. The van der Waals surface area contributed by atoms with Gasteiger partial charge in [-0.2, -0.15) is 0 Å². The summed E-state index contributed by atoms with van der Waals surface area (Å²) in [5.41, 5.74) is 4.79. The number of nitrogens with one attached hydrogen (secondary N) is 1. The van der Waals surface area contributed by atoms with Crippen LogP contribution in [0.1, 0.15) is 11.3 Å². The van der Waals surface area contributed by atoms with Gasteiger partial charge in [0.15, 0.2) is 0 Å². The summed E-state index contributed by atoms with van der Waals surface area (Å²) in [6, 6.07) is 6.46. The molecule has 3 nitrogen and oxygen atoms in total. The number of aromatic nitrogens is 1. The highest BCUT2D eigenvalue weighted by molar-refractivity contribution is 7.13. The van der Waals surface area contributed by atoms with E-state index in [4.69, 9.17) is 5.11 Å². The maximum Gasteiger partial charge on any atom is 0.123 e. The highest BCUT2D eigenvalue weighted by Crippen LogP contribution is 2.30. The van der Waals surface area contributed by atoms with Crippen molar-refractivity contribution in [2.75, 3.05) is 18.5 Å². The zero-order chi connectivity index (χ0) is 11.7. The van der Waals surface area contributed by atoms with Crippen LogP contribution in [0.5, 0.6) is 0 Å². The molecule has 2 heterocycles. The van der Waals surface area contributed by atoms with E-state index in [1.807, 2.05) is 5.38 Å². The molecule has 0 saturated heterocycles. The van der Waals surface area contributed by atoms with Crippen LogP contribution >= 0.6 is 36.2 Å². The van der Waals surface area contributed by atoms with E-state index in [9.17, 15) is 0 Å². The van der Waals surface area contributed by atoms with Gasteiger partial charge >= 0.3 is 0 Å². The van der Waals surface area contributed by atoms with Gasteiger partial charge in [-0.1, -0.05) is 0 Å². The van der Waals surface area contributed by atoms with Gasteiger partial charge in [-0.25, -0.2) is 4.98 Å². The van der Waals surface area contributed by atoms with Crippen molar-refractivity contribution in [3.05, 3.63) is 34.8 Å². The van der Waals surface area contributed by atoms with E-state index in [-0.39, 0.29) is 31.4 Å². The maximum atomic E-state index is 8.88. The number of fused-ring (bicyclic) bond motifs is 1. The minimum atomic E-state index is 0. The summed E-state index contributed by atoms with van der Waals surface area (Å²) in [4.78, 5) is 4.53. The fourth-order valence-electron chi connectivity index (χ4n) is 2.11. The predicted octanol–water partition coefficient (Wildman–Crippen LogP) is 3.16. The zero-order valence-corrected chi connectivity index (χ0v) is 12.7. The molecule has 104 valence electrons. The van der Waals surface area contributed by atoms with Gasteiger partial charge < -0.3 is 10.4 Å². The molecule has 0 fully saturated rings. The fourth-order valence-corrected chi connectivity index (χ4v) is 2.96. The molecule has 6 heteroatoms. The van der Waals surface area contributed by atoms with Crippen LogP contribution in [-0.2, 0) is 12.8 Å². The number of hydrogen-bond acceptors (Lipinski definition) is 4. The molecule has 2 N–H and O–H groups in total. The Morgan fingerprint density at radius 3 is 2.95 bits per heavy atom. The fraction of sp³-hybridized carbons (Fsp3) is 0.308. The van der Waals surface area contributed by atoms with E-state index >= 15 is 0 Å². The average molecular weight is 319 g/mol. The summed E-state index contributed by atoms with van der Waals surface area (Å²) < 4.78 is 0. The number of anilines is 1. The van der Waals surface area contributed by atoms with Crippen LogP contribution in [0, 0.1) is 0 Å². The molecule has 1 aromatic heterocycles. The van der Waals surface area contributed by atoms with Gasteiger partial charge in [0.1, 0.15) is 5.01 Å².